The lowest BCUT2D eigenvalue weighted by Crippen LogP contribution is -2.45. The molecule has 400 valence electrons. The summed E-state index contributed by atoms with van der Waals surface area (Å²) in [5.41, 5.74) is 0. The van der Waals surface area contributed by atoms with Gasteiger partial charge in [0.25, 0.3) is 0 Å². The molecular weight excluding hydrogens is 827 g/mol. The van der Waals surface area contributed by atoms with Gasteiger partial charge in [0.05, 0.1) is 25.4 Å². The molecule has 67 heavy (non-hydrogen) atoms. The van der Waals surface area contributed by atoms with Crippen LogP contribution in [0.5, 0.6) is 0 Å². The lowest BCUT2D eigenvalue weighted by atomic mass is 10.0. The first kappa shape index (κ1) is 65.9. The van der Waals surface area contributed by atoms with Crippen LogP contribution in [0.25, 0.3) is 0 Å². The minimum atomic E-state index is -0.668. The Kier molecular flexibility index (Phi) is 56.5. The first-order chi connectivity index (χ1) is 33.0. The molecular formula is C61H121NO5. The highest BCUT2D eigenvalue weighted by molar-refractivity contribution is 5.76. The molecule has 1 amide bonds. The zero-order valence-corrected chi connectivity index (χ0v) is 45.7. The van der Waals surface area contributed by atoms with E-state index in [2.05, 4.69) is 19.2 Å². The SMILES string of the molecule is CCCCCCCCCCCCCCCCCCCCCCC(O)C(CO)NC(=O)CCCCCCCCCCCCCCCCCCOC(=O)CCCCCCCCCCCCCCCC. The summed E-state index contributed by atoms with van der Waals surface area (Å²) in [6, 6.07) is -0.546. The van der Waals surface area contributed by atoms with E-state index in [1.54, 1.807) is 0 Å². The Morgan fingerprint density at radius 2 is 0.612 bits per heavy atom. The smallest absolute Gasteiger partial charge is 0.305 e. The van der Waals surface area contributed by atoms with Crippen molar-refractivity contribution in [1.82, 2.24) is 5.32 Å². The van der Waals surface area contributed by atoms with E-state index in [0.717, 1.165) is 38.5 Å². The molecule has 0 aliphatic rings. The summed E-state index contributed by atoms with van der Waals surface area (Å²) in [4.78, 5) is 24.6. The minimum absolute atomic E-state index is 0.00680. The Morgan fingerprint density at radius 1 is 0.358 bits per heavy atom. The standard InChI is InChI=1S/C61H121NO5/c1-3-5-7-9-11-13-15-17-19-20-21-22-23-26-29-33-37-41-45-49-53-59(64)58(57-63)62-60(65)54-50-46-42-38-34-30-27-24-25-28-32-36-40-44-48-52-56-67-61(66)55-51-47-43-39-35-31-18-16-14-12-10-8-6-4-2/h58-59,63-64H,3-57H2,1-2H3,(H,62,65). The van der Waals surface area contributed by atoms with Crippen LogP contribution in [0.2, 0.25) is 0 Å². The number of aliphatic hydroxyl groups is 2. The van der Waals surface area contributed by atoms with E-state index in [0.29, 0.717) is 25.9 Å². The summed E-state index contributed by atoms with van der Waals surface area (Å²) in [5.74, 6) is -0.0304. The maximum absolute atomic E-state index is 12.5. The number of hydrogen-bond acceptors (Lipinski definition) is 5. The van der Waals surface area contributed by atoms with Gasteiger partial charge in [0.2, 0.25) is 5.91 Å². The van der Waals surface area contributed by atoms with Gasteiger partial charge in [0.15, 0.2) is 0 Å². The van der Waals surface area contributed by atoms with Crippen LogP contribution in [0.1, 0.15) is 354 Å². The fourth-order valence-corrected chi connectivity index (χ4v) is 9.94. The average molecular weight is 949 g/mol. The predicted molar refractivity (Wildman–Crippen MR) is 292 cm³/mol. The first-order valence-corrected chi connectivity index (χ1v) is 30.8. The number of unbranched alkanes of at least 4 members (excludes halogenated alkanes) is 47. The van der Waals surface area contributed by atoms with E-state index in [1.807, 2.05) is 0 Å². The molecule has 2 atom stereocenters. The normalized spacial score (nSPS) is 12.5. The minimum Gasteiger partial charge on any atom is -0.466 e. The molecule has 0 bridgehead atoms. The van der Waals surface area contributed by atoms with E-state index >= 15 is 0 Å². The Morgan fingerprint density at radius 3 is 0.910 bits per heavy atom. The van der Waals surface area contributed by atoms with Crippen molar-refractivity contribution in [2.75, 3.05) is 13.2 Å². The topological polar surface area (TPSA) is 95.9 Å². The van der Waals surface area contributed by atoms with E-state index in [4.69, 9.17) is 4.74 Å². The molecule has 6 nitrogen and oxygen atoms in total. The zero-order valence-electron chi connectivity index (χ0n) is 45.7. The highest BCUT2D eigenvalue weighted by Gasteiger charge is 2.20. The molecule has 0 radical (unpaired) electrons. The van der Waals surface area contributed by atoms with Gasteiger partial charge in [-0.3, -0.25) is 9.59 Å². The number of aliphatic hydroxyl groups excluding tert-OH is 2. The quantitative estimate of drug-likeness (QED) is 0.0417. The zero-order chi connectivity index (χ0) is 48.6. The number of carbonyl (C=O) groups is 2. The monoisotopic (exact) mass is 948 g/mol. The summed E-state index contributed by atoms with van der Waals surface area (Å²) < 4.78 is 5.48. The van der Waals surface area contributed by atoms with Crippen LogP contribution in [-0.4, -0.2) is 47.4 Å². The Hall–Kier alpha value is -1.14. The maximum Gasteiger partial charge on any atom is 0.305 e. The highest BCUT2D eigenvalue weighted by Crippen LogP contribution is 2.18. The van der Waals surface area contributed by atoms with Gasteiger partial charge < -0.3 is 20.3 Å². The number of ether oxygens (including phenoxy) is 1. The fourth-order valence-electron chi connectivity index (χ4n) is 9.94. The second kappa shape index (κ2) is 57.4. The lowest BCUT2D eigenvalue weighted by Gasteiger charge is -2.22. The molecule has 0 fully saturated rings. The maximum atomic E-state index is 12.5. The molecule has 0 aliphatic heterocycles. The molecule has 0 heterocycles. The molecule has 6 heteroatoms. The van der Waals surface area contributed by atoms with Crippen LogP contribution in [-0.2, 0) is 14.3 Å². The summed E-state index contributed by atoms with van der Waals surface area (Å²) in [6.45, 7) is 4.98. The van der Waals surface area contributed by atoms with Crippen molar-refractivity contribution < 1.29 is 24.5 Å². The number of rotatable bonds is 58. The van der Waals surface area contributed by atoms with E-state index in [1.165, 1.54) is 283 Å². The van der Waals surface area contributed by atoms with Gasteiger partial charge in [-0.05, 0) is 25.7 Å². The van der Waals surface area contributed by atoms with Crippen LogP contribution in [0.3, 0.4) is 0 Å². The van der Waals surface area contributed by atoms with E-state index < -0.39 is 12.1 Å². The van der Waals surface area contributed by atoms with Crippen molar-refractivity contribution in [3.63, 3.8) is 0 Å². The summed E-state index contributed by atoms with van der Waals surface area (Å²) in [7, 11) is 0. The number of amides is 1. The Balaban J connectivity index is 3.41. The van der Waals surface area contributed by atoms with Crippen LogP contribution in [0.15, 0.2) is 0 Å². The third-order valence-electron chi connectivity index (χ3n) is 14.7. The van der Waals surface area contributed by atoms with Gasteiger partial charge in [-0.25, -0.2) is 0 Å². The second-order valence-corrected chi connectivity index (χ2v) is 21.4. The van der Waals surface area contributed by atoms with Crippen molar-refractivity contribution in [1.29, 1.82) is 0 Å². The van der Waals surface area contributed by atoms with Gasteiger partial charge >= 0.3 is 5.97 Å². The van der Waals surface area contributed by atoms with Crippen LogP contribution in [0, 0.1) is 0 Å². The average Bonchev–Trinajstić information content (AvgIpc) is 3.33. The van der Waals surface area contributed by atoms with Gasteiger partial charge in [-0.1, -0.05) is 316 Å². The van der Waals surface area contributed by atoms with Gasteiger partial charge in [0.1, 0.15) is 0 Å². The van der Waals surface area contributed by atoms with Gasteiger partial charge in [-0.2, -0.15) is 0 Å². The Labute approximate surface area is 419 Å². The van der Waals surface area contributed by atoms with E-state index in [-0.39, 0.29) is 18.5 Å². The van der Waals surface area contributed by atoms with Gasteiger partial charge in [0, 0.05) is 12.8 Å². The number of hydrogen-bond donors (Lipinski definition) is 3. The third kappa shape index (κ3) is 54.0. The first-order valence-electron chi connectivity index (χ1n) is 30.8. The summed E-state index contributed by atoms with van der Waals surface area (Å²) in [5, 5.41) is 23.4. The molecule has 3 N–H and O–H groups in total. The van der Waals surface area contributed by atoms with Crippen molar-refractivity contribution in [3.8, 4) is 0 Å². The highest BCUT2D eigenvalue weighted by atomic mass is 16.5. The molecule has 0 saturated heterocycles. The van der Waals surface area contributed by atoms with Crippen molar-refractivity contribution in [3.05, 3.63) is 0 Å². The number of carbonyl (C=O) groups excluding carboxylic acids is 2. The third-order valence-corrected chi connectivity index (χ3v) is 14.7. The Bertz CT molecular complexity index is 959. The van der Waals surface area contributed by atoms with E-state index in [9.17, 15) is 19.8 Å². The molecule has 0 spiro atoms. The number of nitrogens with one attached hydrogen (secondary N) is 1. The molecule has 0 aromatic heterocycles. The van der Waals surface area contributed by atoms with Gasteiger partial charge in [-0.15, -0.1) is 0 Å². The summed E-state index contributed by atoms with van der Waals surface area (Å²) >= 11 is 0. The van der Waals surface area contributed by atoms with Crippen LogP contribution < -0.4 is 5.32 Å². The van der Waals surface area contributed by atoms with Crippen molar-refractivity contribution in [2.24, 2.45) is 0 Å². The largest absolute Gasteiger partial charge is 0.466 e. The van der Waals surface area contributed by atoms with Crippen molar-refractivity contribution >= 4 is 11.9 Å². The molecule has 0 aromatic rings. The predicted octanol–water partition coefficient (Wildman–Crippen LogP) is 19.1. The molecule has 2 unspecified atom stereocenters. The number of esters is 1. The van der Waals surface area contributed by atoms with Crippen LogP contribution >= 0.6 is 0 Å². The lowest BCUT2D eigenvalue weighted by molar-refractivity contribution is -0.143. The molecule has 0 aromatic carbocycles. The summed E-state index contributed by atoms with van der Waals surface area (Å²) in [6.07, 6.45) is 66.7. The molecule has 0 aliphatic carbocycles. The fraction of sp³-hybridized carbons (Fsp3) is 0.967. The van der Waals surface area contributed by atoms with Crippen LogP contribution in [0.4, 0.5) is 0 Å². The second-order valence-electron chi connectivity index (χ2n) is 21.4. The molecule has 0 saturated carbocycles. The molecule has 0 rings (SSSR count). The van der Waals surface area contributed by atoms with Crippen molar-refractivity contribution in [2.45, 2.75) is 366 Å².